The zero-order chi connectivity index (χ0) is 10.8. The zero-order valence-corrected chi connectivity index (χ0v) is 7.38. The van der Waals surface area contributed by atoms with Crippen molar-refractivity contribution in [3.63, 3.8) is 0 Å². The second-order valence-corrected chi connectivity index (χ2v) is 2.67. The van der Waals surface area contributed by atoms with Gasteiger partial charge in [0.15, 0.2) is 6.10 Å². The first-order valence-electron chi connectivity index (χ1n) is 3.76. The largest absolute Gasteiger partial charge is 0.418 e. The maximum atomic E-state index is 12.4. The van der Waals surface area contributed by atoms with E-state index in [4.69, 9.17) is 5.73 Å². The van der Waals surface area contributed by atoms with Crippen LogP contribution in [0.1, 0.15) is 11.7 Å². The van der Waals surface area contributed by atoms with Gasteiger partial charge in [-0.3, -0.25) is 0 Å². The molecule has 0 aromatic carbocycles. The Morgan fingerprint density at radius 1 is 1.50 bits per heavy atom. The maximum Gasteiger partial charge on any atom is 0.418 e. The maximum absolute atomic E-state index is 12.4. The van der Waals surface area contributed by atoms with Crippen LogP contribution in [0.5, 0.6) is 0 Å². The van der Waals surface area contributed by atoms with Crippen LogP contribution in [-0.4, -0.2) is 18.3 Å². The minimum atomic E-state index is -4.44. The molecule has 0 fully saturated rings. The molecule has 0 radical (unpaired) electrons. The number of ether oxygens (including phenoxy) is 1. The van der Waals surface area contributed by atoms with Crippen LogP contribution >= 0.6 is 0 Å². The molecular weight excluding hydrogens is 197 g/mol. The molecular formula is C8H9F3N2O. The van der Waals surface area contributed by atoms with Crippen molar-refractivity contribution in [1.82, 2.24) is 4.98 Å². The summed E-state index contributed by atoms with van der Waals surface area (Å²) in [5.74, 6) is 0.0359. The molecule has 0 bridgehead atoms. The van der Waals surface area contributed by atoms with Gasteiger partial charge in [-0.1, -0.05) is 0 Å². The summed E-state index contributed by atoms with van der Waals surface area (Å²) in [5, 5.41) is 0. The standard InChI is InChI=1S/C8H9F3N2O/c1-14-7(8(9,10)11)5-2-3-13-6(12)4-5/h2-4,7H,1H3,(H2,12,13). The number of nitrogen functional groups attached to an aromatic ring is 1. The smallest absolute Gasteiger partial charge is 0.384 e. The van der Waals surface area contributed by atoms with E-state index in [-0.39, 0.29) is 11.4 Å². The molecule has 0 aliphatic carbocycles. The summed E-state index contributed by atoms with van der Waals surface area (Å²) in [6.07, 6.45) is -5.18. The monoisotopic (exact) mass is 206 g/mol. The first-order chi connectivity index (χ1) is 6.45. The lowest BCUT2D eigenvalue weighted by molar-refractivity contribution is -0.215. The van der Waals surface area contributed by atoms with Crippen molar-refractivity contribution < 1.29 is 17.9 Å². The third-order valence-electron chi connectivity index (χ3n) is 1.64. The van der Waals surface area contributed by atoms with Crippen LogP contribution in [0.25, 0.3) is 0 Å². The molecule has 3 nitrogen and oxygen atoms in total. The number of nitrogens with zero attached hydrogens (tertiary/aromatic N) is 1. The summed E-state index contributed by atoms with van der Waals surface area (Å²) in [6.45, 7) is 0. The fraction of sp³-hybridized carbons (Fsp3) is 0.375. The Morgan fingerprint density at radius 2 is 2.14 bits per heavy atom. The molecule has 1 aromatic rings. The lowest BCUT2D eigenvalue weighted by atomic mass is 10.1. The number of anilines is 1. The number of nitrogens with two attached hydrogens (primary N) is 1. The van der Waals surface area contributed by atoms with Crippen LogP contribution in [0.4, 0.5) is 19.0 Å². The van der Waals surface area contributed by atoms with Gasteiger partial charge in [-0.15, -0.1) is 0 Å². The van der Waals surface area contributed by atoms with E-state index in [0.717, 1.165) is 13.2 Å². The Bertz CT molecular complexity index is 314. The van der Waals surface area contributed by atoms with E-state index in [2.05, 4.69) is 9.72 Å². The summed E-state index contributed by atoms with van der Waals surface area (Å²) >= 11 is 0. The number of pyridine rings is 1. The van der Waals surface area contributed by atoms with E-state index in [0.29, 0.717) is 0 Å². The van der Waals surface area contributed by atoms with E-state index in [1.165, 1.54) is 12.3 Å². The van der Waals surface area contributed by atoms with Crippen LogP contribution in [0.3, 0.4) is 0 Å². The molecule has 0 amide bonds. The van der Waals surface area contributed by atoms with Gasteiger partial charge in [-0.25, -0.2) is 4.98 Å². The van der Waals surface area contributed by atoms with E-state index in [9.17, 15) is 13.2 Å². The molecule has 0 saturated carbocycles. The van der Waals surface area contributed by atoms with Crippen molar-refractivity contribution in [3.8, 4) is 0 Å². The number of hydrogen-bond donors (Lipinski definition) is 1. The van der Waals surface area contributed by atoms with Gasteiger partial charge in [-0.2, -0.15) is 13.2 Å². The quantitative estimate of drug-likeness (QED) is 0.804. The highest BCUT2D eigenvalue weighted by molar-refractivity contribution is 5.33. The molecule has 2 N–H and O–H groups in total. The molecule has 6 heteroatoms. The average Bonchev–Trinajstić information content (AvgIpc) is 2.02. The molecule has 78 valence electrons. The fourth-order valence-corrected chi connectivity index (χ4v) is 1.09. The third-order valence-corrected chi connectivity index (χ3v) is 1.64. The van der Waals surface area contributed by atoms with Gasteiger partial charge in [0, 0.05) is 13.3 Å². The van der Waals surface area contributed by atoms with Gasteiger partial charge < -0.3 is 10.5 Å². The molecule has 1 heterocycles. The van der Waals surface area contributed by atoms with Gasteiger partial charge in [0.05, 0.1) is 0 Å². The molecule has 0 aliphatic heterocycles. The number of rotatable bonds is 2. The summed E-state index contributed by atoms with van der Waals surface area (Å²) in [7, 11) is 0.995. The van der Waals surface area contributed by atoms with Crippen LogP contribution in [-0.2, 0) is 4.74 Å². The van der Waals surface area contributed by atoms with Crippen LogP contribution in [0.15, 0.2) is 18.3 Å². The highest BCUT2D eigenvalue weighted by Gasteiger charge is 2.41. The minimum absolute atomic E-state index is 0.0359. The number of hydrogen-bond acceptors (Lipinski definition) is 3. The summed E-state index contributed by atoms with van der Waals surface area (Å²) in [4.78, 5) is 3.59. The Balaban J connectivity index is 3.01. The summed E-state index contributed by atoms with van der Waals surface area (Å²) in [6, 6.07) is 2.36. The topological polar surface area (TPSA) is 48.1 Å². The Morgan fingerprint density at radius 3 is 2.57 bits per heavy atom. The van der Waals surface area contributed by atoms with Gasteiger partial charge in [0.2, 0.25) is 0 Å². The highest BCUT2D eigenvalue weighted by Crippen LogP contribution is 2.35. The van der Waals surface area contributed by atoms with Crippen molar-refractivity contribution in [3.05, 3.63) is 23.9 Å². The first kappa shape index (κ1) is 10.8. The van der Waals surface area contributed by atoms with Gasteiger partial charge in [0.25, 0.3) is 0 Å². The normalized spacial score (nSPS) is 14.0. The molecule has 14 heavy (non-hydrogen) atoms. The molecule has 0 spiro atoms. The fourth-order valence-electron chi connectivity index (χ4n) is 1.09. The lowest BCUT2D eigenvalue weighted by Crippen LogP contribution is -2.22. The predicted octanol–water partition coefficient (Wildman–Crippen LogP) is 1.91. The van der Waals surface area contributed by atoms with Crippen molar-refractivity contribution in [2.75, 3.05) is 12.8 Å². The van der Waals surface area contributed by atoms with E-state index in [1.54, 1.807) is 0 Å². The zero-order valence-electron chi connectivity index (χ0n) is 7.38. The summed E-state index contributed by atoms with van der Waals surface area (Å²) in [5.41, 5.74) is 5.21. The van der Waals surface area contributed by atoms with Crippen LogP contribution in [0.2, 0.25) is 0 Å². The molecule has 0 saturated heterocycles. The Kier molecular flexibility index (Phi) is 2.95. The second-order valence-electron chi connectivity index (χ2n) is 2.67. The second kappa shape index (κ2) is 3.83. The third kappa shape index (κ3) is 2.35. The lowest BCUT2D eigenvalue weighted by Gasteiger charge is -2.18. The van der Waals surface area contributed by atoms with Crippen molar-refractivity contribution in [2.24, 2.45) is 0 Å². The number of methoxy groups -OCH3 is 1. The molecule has 1 rings (SSSR count). The van der Waals surface area contributed by atoms with Crippen molar-refractivity contribution >= 4 is 5.82 Å². The highest BCUT2D eigenvalue weighted by atomic mass is 19.4. The van der Waals surface area contributed by atoms with Gasteiger partial charge in [-0.05, 0) is 17.7 Å². The molecule has 1 unspecified atom stereocenters. The van der Waals surface area contributed by atoms with Crippen molar-refractivity contribution in [1.29, 1.82) is 0 Å². The molecule has 1 atom stereocenters. The SMILES string of the molecule is COC(c1ccnc(N)c1)C(F)(F)F. The number of aromatic nitrogens is 1. The average molecular weight is 206 g/mol. The first-order valence-corrected chi connectivity index (χ1v) is 3.76. The van der Waals surface area contributed by atoms with Crippen molar-refractivity contribution in [2.45, 2.75) is 12.3 Å². The predicted molar refractivity (Wildman–Crippen MR) is 44.5 cm³/mol. The molecule has 0 aliphatic rings. The van der Waals surface area contributed by atoms with Gasteiger partial charge >= 0.3 is 6.18 Å². The van der Waals surface area contributed by atoms with E-state index in [1.807, 2.05) is 0 Å². The Labute approximate surface area is 78.7 Å². The van der Waals surface area contributed by atoms with E-state index >= 15 is 0 Å². The van der Waals surface area contributed by atoms with E-state index < -0.39 is 12.3 Å². The van der Waals surface area contributed by atoms with Gasteiger partial charge in [0.1, 0.15) is 5.82 Å². The van der Waals surface area contributed by atoms with Crippen LogP contribution in [0, 0.1) is 0 Å². The minimum Gasteiger partial charge on any atom is -0.384 e. The molecule has 1 aromatic heterocycles. The number of alkyl halides is 3. The number of halogens is 3. The Hall–Kier alpha value is -1.30. The summed E-state index contributed by atoms with van der Waals surface area (Å²) < 4.78 is 41.4. The van der Waals surface area contributed by atoms with Crippen LogP contribution < -0.4 is 5.73 Å².